The van der Waals surface area contributed by atoms with Gasteiger partial charge in [-0.25, -0.2) is 0 Å². The van der Waals surface area contributed by atoms with E-state index < -0.39 is 6.04 Å². The van der Waals surface area contributed by atoms with Crippen molar-refractivity contribution in [2.45, 2.75) is 26.3 Å². The maximum absolute atomic E-state index is 11.8. The van der Waals surface area contributed by atoms with Crippen LogP contribution >= 0.6 is 15.9 Å². The summed E-state index contributed by atoms with van der Waals surface area (Å²) in [4.78, 5) is 15.7. The summed E-state index contributed by atoms with van der Waals surface area (Å²) in [6.45, 7) is 3.98. The smallest absolute Gasteiger partial charge is 0.241 e. The normalized spacial score (nSPS) is 14.2. The number of amides is 1. The first-order chi connectivity index (χ1) is 7.56. The third kappa shape index (κ3) is 3.28. The molecule has 0 aliphatic carbocycles. The Balaban J connectivity index is 2.68. The van der Waals surface area contributed by atoms with Gasteiger partial charge in [-0.2, -0.15) is 0 Å². The van der Waals surface area contributed by atoms with Gasteiger partial charge in [-0.15, -0.1) is 0 Å². The monoisotopic (exact) mass is 285 g/mol. The van der Waals surface area contributed by atoms with E-state index in [0.717, 1.165) is 10.9 Å². The number of carbonyl (C=O) groups excluding carboxylic acids is 1. The van der Waals surface area contributed by atoms with Crippen molar-refractivity contribution in [1.82, 2.24) is 4.98 Å². The molecule has 0 aromatic carbocycles. The van der Waals surface area contributed by atoms with Crippen LogP contribution in [0.15, 0.2) is 22.9 Å². The predicted octanol–water partition coefficient (Wildman–Crippen LogP) is 2.16. The van der Waals surface area contributed by atoms with Crippen LogP contribution in [0.3, 0.4) is 0 Å². The minimum Gasteiger partial charge on any atom is -0.324 e. The maximum Gasteiger partial charge on any atom is 0.241 e. The SMILES string of the molecule is CCC(C)[C@H](N)C(=O)Nc1ccncc1Br. The number of hydrogen-bond acceptors (Lipinski definition) is 3. The summed E-state index contributed by atoms with van der Waals surface area (Å²) < 4.78 is 0.750. The summed E-state index contributed by atoms with van der Waals surface area (Å²) in [5.74, 6) is 0.00172. The van der Waals surface area contributed by atoms with E-state index in [2.05, 4.69) is 26.2 Å². The van der Waals surface area contributed by atoms with Crippen molar-refractivity contribution in [3.63, 3.8) is 0 Å². The zero-order valence-electron chi connectivity index (χ0n) is 9.40. The van der Waals surface area contributed by atoms with Crippen molar-refractivity contribution in [2.24, 2.45) is 11.7 Å². The van der Waals surface area contributed by atoms with Crippen molar-refractivity contribution in [3.8, 4) is 0 Å². The Kier molecular flexibility index (Phi) is 4.89. The molecule has 0 aliphatic heterocycles. The van der Waals surface area contributed by atoms with Gasteiger partial charge in [0.15, 0.2) is 0 Å². The molecule has 1 rings (SSSR count). The first kappa shape index (κ1) is 13.1. The van der Waals surface area contributed by atoms with Crippen LogP contribution in [0.4, 0.5) is 5.69 Å². The van der Waals surface area contributed by atoms with E-state index in [1.54, 1.807) is 18.5 Å². The largest absolute Gasteiger partial charge is 0.324 e. The fraction of sp³-hybridized carbons (Fsp3) is 0.455. The molecule has 5 heteroatoms. The summed E-state index contributed by atoms with van der Waals surface area (Å²) in [6, 6.07) is 1.25. The first-order valence-electron chi connectivity index (χ1n) is 5.22. The lowest BCUT2D eigenvalue weighted by Crippen LogP contribution is -2.40. The quantitative estimate of drug-likeness (QED) is 0.891. The van der Waals surface area contributed by atoms with Crippen LogP contribution in [0.5, 0.6) is 0 Å². The highest BCUT2D eigenvalue weighted by Crippen LogP contribution is 2.20. The lowest BCUT2D eigenvalue weighted by molar-refractivity contribution is -0.118. The number of nitrogens with two attached hydrogens (primary N) is 1. The van der Waals surface area contributed by atoms with Gasteiger partial charge >= 0.3 is 0 Å². The second kappa shape index (κ2) is 5.96. The molecule has 0 spiro atoms. The van der Waals surface area contributed by atoms with Gasteiger partial charge in [-0.1, -0.05) is 20.3 Å². The molecule has 0 radical (unpaired) electrons. The van der Waals surface area contributed by atoms with Crippen LogP contribution in [-0.4, -0.2) is 16.9 Å². The molecule has 1 amide bonds. The van der Waals surface area contributed by atoms with Gasteiger partial charge in [-0.3, -0.25) is 9.78 Å². The predicted molar refractivity (Wildman–Crippen MR) is 68.0 cm³/mol. The molecule has 16 heavy (non-hydrogen) atoms. The Morgan fingerprint density at radius 2 is 2.38 bits per heavy atom. The standard InChI is InChI=1S/C11H16BrN3O/c1-3-7(2)10(13)11(16)15-9-4-5-14-6-8(9)12/h4-7,10H,3,13H2,1-2H3,(H,14,15,16)/t7?,10-/m0/s1. The molecule has 0 aliphatic rings. The third-order valence-corrected chi connectivity index (χ3v) is 3.22. The van der Waals surface area contributed by atoms with Gasteiger partial charge < -0.3 is 11.1 Å². The van der Waals surface area contributed by atoms with E-state index in [1.165, 1.54) is 0 Å². The first-order valence-corrected chi connectivity index (χ1v) is 6.01. The molecular formula is C11H16BrN3O. The van der Waals surface area contributed by atoms with E-state index in [1.807, 2.05) is 13.8 Å². The average molecular weight is 286 g/mol. The Morgan fingerprint density at radius 3 is 2.94 bits per heavy atom. The van der Waals surface area contributed by atoms with Crippen LogP contribution in [-0.2, 0) is 4.79 Å². The number of pyridine rings is 1. The molecular weight excluding hydrogens is 270 g/mol. The highest BCUT2D eigenvalue weighted by molar-refractivity contribution is 9.10. The van der Waals surface area contributed by atoms with Crippen LogP contribution in [0.2, 0.25) is 0 Å². The van der Waals surface area contributed by atoms with Crippen molar-refractivity contribution in [3.05, 3.63) is 22.9 Å². The molecule has 1 aromatic rings. The molecule has 0 saturated heterocycles. The summed E-state index contributed by atoms with van der Waals surface area (Å²) in [6.07, 6.45) is 4.13. The van der Waals surface area contributed by atoms with Crippen LogP contribution in [0.1, 0.15) is 20.3 Å². The van der Waals surface area contributed by atoms with E-state index in [4.69, 9.17) is 5.73 Å². The van der Waals surface area contributed by atoms with Gasteiger partial charge in [0.05, 0.1) is 16.2 Å². The number of hydrogen-bond donors (Lipinski definition) is 2. The van der Waals surface area contributed by atoms with Gasteiger partial charge in [0.25, 0.3) is 0 Å². The molecule has 88 valence electrons. The van der Waals surface area contributed by atoms with E-state index in [-0.39, 0.29) is 11.8 Å². The number of carbonyl (C=O) groups is 1. The minimum absolute atomic E-state index is 0.166. The van der Waals surface area contributed by atoms with Gasteiger partial charge in [-0.05, 0) is 27.9 Å². The van der Waals surface area contributed by atoms with Crippen molar-refractivity contribution in [2.75, 3.05) is 5.32 Å². The van der Waals surface area contributed by atoms with E-state index in [0.29, 0.717) is 5.69 Å². The van der Waals surface area contributed by atoms with Crippen LogP contribution in [0.25, 0.3) is 0 Å². The number of halogens is 1. The van der Waals surface area contributed by atoms with Crippen molar-refractivity contribution in [1.29, 1.82) is 0 Å². The lowest BCUT2D eigenvalue weighted by Gasteiger charge is -2.18. The Hall–Kier alpha value is -0.940. The zero-order chi connectivity index (χ0) is 12.1. The Morgan fingerprint density at radius 1 is 1.69 bits per heavy atom. The molecule has 0 bridgehead atoms. The second-order valence-corrected chi connectivity index (χ2v) is 4.61. The molecule has 0 fully saturated rings. The number of aromatic nitrogens is 1. The lowest BCUT2D eigenvalue weighted by atomic mass is 9.99. The second-order valence-electron chi connectivity index (χ2n) is 3.76. The molecule has 1 aromatic heterocycles. The molecule has 0 saturated carbocycles. The highest BCUT2D eigenvalue weighted by Gasteiger charge is 2.19. The molecule has 4 nitrogen and oxygen atoms in total. The van der Waals surface area contributed by atoms with Crippen LogP contribution < -0.4 is 11.1 Å². The molecule has 2 atom stereocenters. The Labute approximate surface area is 104 Å². The fourth-order valence-corrected chi connectivity index (χ4v) is 1.55. The highest BCUT2D eigenvalue weighted by atomic mass is 79.9. The Bertz CT molecular complexity index is 370. The van der Waals surface area contributed by atoms with Gasteiger partial charge in [0.1, 0.15) is 0 Å². The van der Waals surface area contributed by atoms with Crippen LogP contribution in [0, 0.1) is 5.92 Å². The summed E-state index contributed by atoms with van der Waals surface area (Å²) in [7, 11) is 0. The number of anilines is 1. The minimum atomic E-state index is -0.481. The fourth-order valence-electron chi connectivity index (χ4n) is 1.20. The molecule has 1 heterocycles. The van der Waals surface area contributed by atoms with Crippen molar-refractivity contribution < 1.29 is 4.79 Å². The molecule has 1 unspecified atom stereocenters. The third-order valence-electron chi connectivity index (χ3n) is 2.59. The van der Waals surface area contributed by atoms with Gasteiger partial charge in [0.2, 0.25) is 5.91 Å². The summed E-state index contributed by atoms with van der Waals surface area (Å²) in [5, 5.41) is 2.77. The van der Waals surface area contributed by atoms with Gasteiger partial charge in [0, 0.05) is 12.4 Å². The zero-order valence-corrected chi connectivity index (χ0v) is 11.0. The topological polar surface area (TPSA) is 68.0 Å². The van der Waals surface area contributed by atoms with E-state index >= 15 is 0 Å². The van der Waals surface area contributed by atoms with E-state index in [9.17, 15) is 4.79 Å². The number of nitrogens with one attached hydrogen (secondary N) is 1. The molecule has 3 N–H and O–H groups in total. The summed E-state index contributed by atoms with van der Waals surface area (Å²) in [5.41, 5.74) is 6.52. The number of nitrogens with zero attached hydrogens (tertiary/aromatic N) is 1. The number of rotatable bonds is 4. The average Bonchev–Trinajstić information content (AvgIpc) is 2.30. The van der Waals surface area contributed by atoms with Crippen molar-refractivity contribution >= 4 is 27.5 Å². The summed E-state index contributed by atoms with van der Waals surface area (Å²) >= 11 is 3.31. The maximum atomic E-state index is 11.8.